The van der Waals surface area contributed by atoms with E-state index in [1.54, 1.807) is 6.20 Å². The molecule has 0 fully saturated rings. The van der Waals surface area contributed by atoms with Gasteiger partial charge in [0.05, 0.1) is 26.1 Å². The minimum atomic E-state index is 0.415. The largest absolute Gasteiger partial charge is 0.477 e. The van der Waals surface area contributed by atoms with Gasteiger partial charge in [-0.2, -0.15) is 0 Å². The van der Waals surface area contributed by atoms with Gasteiger partial charge in [0.15, 0.2) is 0 Å². The van der Waals surface area contributed by atoms with E-state index in [0.29, 0.717) is 11.8 Å². The van der Waals surface area contributed by atoms with E-state index in [-0.39, 0.29) is 0 Å². The van der Waals surface area contributed by atoms with E-state index in [1.807, 2.05) is 6.92 Å². The number of methoxy groups -OCH3 is 2. The van der Waals surface area contributed by atoms with E-state index in [9.17, 15) is 0 Å². The Bertz CT molecular complexity index is 250. The maximum Gasteiger partial charge on any atom is 0.278 e. The molecule has 0 radical (unpaired) electrons. The predicted octanol–water partition coefficient (Wildman–Crippen LogP) is 0.802. The fourth-order valence-electron chi connectivity index (χ4n) is 0.717. The molecule has 0 unspecified atom stereocenters. The summed E-state index contributed by atoms with van der Waals surface area (Å²) in [7, 11) is 3.06. The first kappa shape index (κ1) is 7.78. The van der Waals surface area contributed by atoms with Crippen molar-refractivity contribution in [1.29, 1.82) is 0 Å². The van der Waals surface area contributed by atoms with Gasteiger partial charge in [0, 0.05) is 0 Å². The molecular weight excluding hydrogens is 144 g/mol. The van der Waals surface area contributed by atoms with Gasteiger partial charge in [-0.3, -0.25) is 0 Å². The van der Waals surface area contributed by atoms with Crippen LogP contribution in [0.5, 0.6) is 11.8 Å². The monoisotopic (exact) mass is 154 g/mol. The van der Waals surface area contributed by atoms with Crippen LogP contribution >= 0.6 is 0 Å². The Morgan fingerprint density at radius 3 is 2.36 bits per heavy atom. The normalized spacial score (nSPS) is 9.36. The molecule has 1 rings (SSSR count). The Morgan fingerprint density at radius 1 is 1.18 bits per heavy atom. The molecule has 0 spiro atoms. The van der Waals surface area contributed by atoms with Gasteiger partial charge in [0.1, 0.15) is 0 Å². The van der Waals surface area contributed by atoms with E-state index in [1.165, 1.54) is 14.2 Å². The molecule has 0 N–H and O–H groups in total. The highest BCUT2D eigenvalue weighted by Crippen LogP contribution is 2.19. The van der Waals surface area contributed by atoms with Crippen LogP contribution in [0.15, 0.2) is 6.20 Å². The summed E-state index contributed by atoms with van der Waals surface area (Å²) in [5.41, 5.74) is 0.808. The molecular formula is C7H10N2O2. The molecule has 0 saturated heterocycles. The van der Waals surface area contributed by atoms with Crippen molar-refractivity contribution in [2.24, 2.45) is 0 Å². The van der Waals surface area contributed by atoms with Crippen LogP contribution in [0.3, 0.4) is 0 Å². The highest BCUT2D eigenvalue weighted by atomic mass is 16.5. The van der Waals surface area contributed by atoms with Gasteiger partial charge >= 0.3 is 0 Å². The fraction of sp³-hybridized carbons (Fsp3) is 0.429. The Morgan fingerprint density at radius 2 is 1.82 bits per heavy atom. The molecule has 4 heteroatoms. The third kappa shape index (κ3) is 1.58. The average Bonchev–Trinajstić information content (AvgIpc) is 2.04. The molecule has 0 aromatic carbocycles. The molecule has 0 aliphatic carbocycles. The molecule has 1 aromatic heterocycles. The lowest BCUT2D eigenvalue weighted by atomic mass is 10.5. The Kier molecular flexibility index (Phi) is 2.25. The number of nitrogens with zero attached hydrogens (tertiary/aromatic N) is 2. The lowest BCUT2D eigenvalue weighted by Gasteiger charge is -2.03. The second kappa shape index (κ2) is 3.18. The number of rotatable bonds is 2. The van der Waals surface area contributed by atoms with E-state index in [0.717, 1.165) is 5.69 Å². The van der Waals surface area contributed by atoms with E-state index >= 15 is 0 Å². The van der Waals surface area contributed by atoms with Gasteiger partial charge < -0.3 is 9.47 Å². The van der Waals surface area contributed by atoms with Gasteiger partial charge in [-0.05, 0) is 6.92 Å². The van der Waals surface area contributed by atoms with Gasteiger partial charge in [-0.25, -0.2) is 9.97 Å². The molecule has 1 aromatic rings. The van der Waals surface area contributed by atoms with Crippen LogP contribution in [0.1, 0.15) is 5.69 Å². The molecule has 0 aliphatic heterocycles. The van der Waals surface area contributed by atoms with Crippen molar-refractivity contribution < 1.29 is 9.47 Å². The summed E-state index contributed by atoms with van der Waals surface area (Å²) in [5, 5.41) is 0. The van der Waals surface area contributed by atoms with Crippen molar-refractivity contribution >= 4 is 0 Å². The third-order valence-electron chi connectivity index (χ3n) is 1.22. The van der Waals surface area contributed by atoms with E-state index in [2.05, 4.69) is 9.97 Å². The lowest BCUT2D eigenvalue weighted by Crippen LogP contribution is -1.97. The molecule has 0 atom stereocenters. The zero-order valence-electron chi connectivity index (χ0n) is 6.79. The van der Waals surface area contributed by atoms with Crippen molar-refractivity contribution in [2.45, 2.75) is 6.92 Å². The minimum absolute atomic E-state index is 0.415. The van der Waals surface area contributed by atoms with Gasteiger partial charge in [0.25, 0.3) is 11.8 Å². The smallest absolute Gasteiger partial charge is 0.278 e. The van der Waals surface area contributed by atoms with Crippen LogP contribution in [0.2, 0.25) is 0 Å². The molecule has 0 aliphatic rings. The van der Waals surface area contributed by atoms with Crippen LogP contribution in [-0.2, 0) is 0 Å². The SMILES string of the molecule is COc1ncc(C)nc1OC. The Labute approximate surface area is 65.2 Å². The van der Waals surface area contributed by atoms with Crippen molar-refractivity contribution in [3.05, 3.63) is 11.9 Å². The molecule has 0 amide bonds. The van der Waals surface area contributed by atoms with Crippen LogP contribution in [-0.4, -0.2) is 24.2 Å². The third-order valence-corrected chi connectivity index (χ3v) is 1.22. The summed E-state index contributed by atoms with van der Waals surface area (Å²) in [4.78, 5) is 8.01. The zero-order valence-corrected chi connectivity index (χ0v) is 6.79. The first-order valence-corrected chi connectivity index (χ1v) is 3.19. The summed E-state index contributed by atoms with van der Waals surface area (Å²) < 4.78 is 9.81. The van der Waals surface area contributed by atoms with Crippen molar-refractivity contribution in [3.8, 4) is 11.8 Å². The van der Waals surface area contributed by atoms with E-state index in [4.69, 9.17) is 9.47 Å². The maximum atomic E-state index is 4.92. The summed E-state index contributed by atoms with van der Waals surface area (Å²) in [6.07, 6.45) is 1.63. The van der Waals surface area contributed by atoms with Crippen molar-refractivity contribution in [3.63, 3.8) is 0 Å². The number of ether oxygens (including phenoxy) is 2. The van der Waals surface area contributed by atoms with Crippen LogP contribution in [0, 0.1) is 6.92 Å². The number of hydrogen-bond donors (Lipinski definition) is 0. The lowest BCUT2D eigenvalue weighted by molar-refractivity contribution is 0.330. The average molecular weight is 154 g/mol. The first-order chi connectivity index (χ1) is 5.27. The van der Waals surface area contributed by atoms with Gasteiger partial charge in [-0.15, -0.1) is 0 Å². The molecule has 60 valence electrons. The number of hydrogen-bond acceptors (Lipinski definition) is 4. The zero-order chi connectivity index (χ0) is 8.27. The molecule has 0 bridgehead atoms. The predicted molar refractivity (Wildman–Crippen MR) is 39.9 cm³/mol. The summed E-state index contributed by atoms with van der Waals surface area (Å²) in [6, 6.07) is 0. The van der Waals surface area contributed by atoms with Gasteiger partial charge in [0.2, 0.25) is 0 Å². The highest BCUT2D eigenvalue weighted by Gasteiger charge is 2.04. The van der Waals surface area contributed by atoms with Crippen molar-refractivity contribution in [2.75, 3.05) is 14.2 Å². The second-order valence-electron chi connectivity index (χ2n) is 2.03. The standard InChI is InChI=1S/C7H10N2O2/c1-5-4-8-6(10-2)7(9-5)11-3/h4H,1-3H3. The fourth-order valence-corrected chi connectivity index (χ4v) is 0.717. The number of aryl methyl sites for hydroxylation is 1. The quantitative estimate of drug-likeness (QED) is 0.632. The summed E-state index contributed by atoms with van der Waals surface area (Å²) >= 11 is 0. The molecule has 11 heavy (non-hydrogen) atoms. The molecule has 4 nitrogen and oxygen atoms in total. The molecule has 1 heterocycles. The maximum absolute atomic E-state index is 4.92. The van der Waals surface area contributed by atoms with E-state index < -0.39 is 0 Å². The Balaban J connectivity index is 3.06. The van der Waals surface area contributed by atoms with Crippen LogP contribution in [0.25, 0.3) is 0 Å². The van der Waals surface area contributed by atoms with Crippen LogP contribution < -0.4 is 9.47 Å². The first-order valence-electron chi connectivity index (χ1n) is 3.19. The van der Waals surface area contributed by atoms with Crippen molar-refractivity contribution in [1.82, 2.24) is 9.97 Å². The highest BCUT2D eigenvalue weighted by molar-refractivity contribution is 5.25. The molecule has 0 saturated carbocycles. The second-order valence-corrected chi connectivity index (χ2v) is 2.03. The summed E-state index contributed by atoms with van der Waals surface area (Å²) in [5.74, 6) is 0.839. The minimum Gasteiger partial charge on any atom is -0.477 e. The topological polar surface area (TPSA) is 44.2 Å². The Hall–Kier alpha value is -1.32. The van der Waals surface area contributed by atoms with Crippen LogP contribution in [0.4, 0.5) is 0 Å². The van der Waals surface area contributed by atoms with Gasteiger partial charge in [-0.1, -0.05) is 0 Å². The summed E-state index contributed by atoms with van der Waals surface area (Å²) in [6.45, 7) is 1.84. The number of aromatic nitrogens is 2.